The fourth-order valence-electron chi connectivity index (χ4n) is 5.14. The maximum absolute atomic E-state index is 13.4. The lowest BCUT2D eigenvalue weighted by Crippen LogP contribution is -2.43. The molecule has 3 aromatic heterocycles. The Balaban J connectivity index is 1.54. The van der Waals surface area contributed by atoms with E-state index in [1.54, 1.807) is 9.47 Å². The molecule has 1 amide bonds. The molecule has 188 valence electrons. The lowest BCUT2D eigenvalue weighted by Gasteiger charge is -2.29. The van der Waals surface area contributed by atoms with E-state index >= 15 is 0 Å². The Bertz CT molecular complexity index is 1440. The number of carbonyl (C=O) groups is 1. The van der Waals surface area contributed by atoms with E-state index in [1.165, 1.54) is 0 Å². The largest absolute Gasteiger partial charge is 0.391 e. The predicted octanol–water partition coefficient (Wildman–Crippen LogP) is 1.70. The van der Waals surface area contributed by atoms with Crippen LogP contribution < -0.4 is 4.90 Å². The molecule has 0 spiro atoms. The number of morpholine rings is 1. The predicted molar refractivity (Wildman–Crippen MR) is 134 cm³/mol. The molecule has 6 rings (SSSR count). The Morgan fingerprint density at radius 2 is 1.92 bits per heavy atom. The molecule has 0 saturated carbocycles. The van der Waals surface area contributed by atoms with Crippen molar-refractivity contribution in [3.8, 4) is 5.95 Å². The van der Waals surface area contributed by atoms with Crippen LogP contribution in [0.25, 0.3) is 28.1 Å². The maximum Gasteiger partial charge on any atom is 0.290 e. The second-order valence-electron chi connectivity index (χ2n) is 9.37. The normalized spacial score (nSPS) is 18.9. The number of amides is 1. The second kappa shape index (κ2) is 9.14. The molecule has 11 nitrogen and oxygen atoms in total. The van der Waals surface area contributed by atoms with Gasteiger partial charge < -0.3 is 24.2 Å². The topological polar surface area (TPSA) is 114 Å². The molecule has 2 fully saturated rings. The minimum absolute atomic E-state index is 0.203. The SMILES string of the molecule is CCc1nc2ccccc2n1-c1nc(N2CCOCC2)c2nc(C(=O)N3CCCC(O)C3)n(C)c2n1. The minimum Gasteiger partial charge on any atom is -0.391 e. The van der Waals surface area contributed by atoms with Gasteiger partial charge in [0.25, 0.3) is 5.91 Å². The number of aliphatic hydroxyl groups is 1. The van der Waals surface area contributed by atoms with Crippen LogP contribution in [0.15, 0.2) is 24.3 Å². The lowest BCUT2D eigenvalue weighted by atomic mass is 10.1. The van der Waals surface area contributed by atoms with Gasteiger partial charge in [0.05, 0.1) is 30.4 Å². The summed E-state index contributed by atoms with van der Waals surface area (Å²) in [6.45, 7) is 5.53. The number of aryl methyl sites for hydroxylation is 2. The maximum atomic E-state index is 13.4. The average molecular weight is 491 g/mol. The monoisotopic (exact) mass is 490 g/mol. The van der Waals surface area contributed by atoms with Crippen molar-refractivity contribution >= 4 is 33.9 Å². The van der Waals surface area contributed by atoms with E-state index in [9.17, 15) is 9.90 Å². The number of ether oxygens (including phenoxy) is 1. The molecule has 1 unspecified atom stereocenters. The van der Waals surface area contributed by atoms with Crippen molar-refractivity contribution in [1.29, 1.82) is 0 Å². The second-order valence-corrected chi connectivity index (χ2v) is 9.37. The number of carbonyl (C=O) groups excluding carboxylic acids is 1. The van der Waals surface area contributed by atoms with E-state index < -0.39 is 6.10 Å². The summed E-state index contributed by atoms with van der Waals surface area (Å²) in [7, 11) is 1.82. The smallest absolute Gasteiger partial charge is 0.290 e. The standard InChI is InChI=1S/C25H30N8O3/c1-3-19-26-17-8-4-5-9-18(17)33(19)25-28-21-20(22(29-25)31-11-13-36-14-12-31)27-23(30(21)2)24(35)32-10-6-7-16(34)15-32/h4-5,8-9,16,34H,3,6-7,10-15H2,1-2H3. The summed E-state index contributed by atoms with van der Waals surface area (Å²) in [6, 6.07) is 7.96. The first kappa shape index (κ1) is 22.9. The highest BCUT2D eigenvalue weighted by molar-refractivity contribution is 5.96. The molecule has 5 heterocycles. The third-order valence-corrected chi connectivity index (χ3v) is 7.02. The highest BCUT2D eigenvalue weighted by Gasteiger charge is 2.30. The molecule has 2 aliphatic heterocycles. The molecular formula is C25H30N8O3. The van der Waals surface area contributed by atoms with Crippen molar-refractivity contribution in [2.24, 2.45) is 7.05 Å². The number of likely N-dealkylation sites (tertiary alicyclic amines) is 1. The Kier molecular flexibility index (Phi) is 5.81. The number of hydrogen-bond donors (Lipinski definition) is 1. The zero-order valence-corrected chi connectivity index (χ0v) is 20.6. The number of aromatic nitrogens is 6. The Labute approximate surface area is 208 Å². The third-order valence-electron chi connectivity index (χ3n) is 7.02. The van der Waals surface area contributed by atoms with Gasteiger partial charge in [0.2, 0.25) is 11.8 Å². The number of piperidine rings is 1. The van der Waals surface area contributed by atoms with Crippen molar-refractivity contribution in [2.75, 3.05) is 44.3 Å². The highest BCUT2D eigenvalue weighted by atomic mass is 16.5. The zero-order valence-electron chi connectivity index (χ0n) is 20.6. The van der Waals surface area contributed by atoms with Crippen LogP contribution in [0, 0.1) is 0 Å². The van der Waals surface area contributed by atoms with E-state index in [2.05, 4.69) is 11.8 Å². The fraction of sp³-hybridized carbons (Fsp3) is 0.480. The van der Waals surface area contributed by atoms with Gasteiger partial charge in [-0.15, -0.1) is 0 Å². The first-order valence-electron chi connectivity index (χ1n) is 12.6. The average Bonchev–Trinajstić information content (AvgIpc) is 3.46. The molecule has 0 aliphatic carbocycles. The first-order chi connectivity index (χ1) is 17.5. The van der Waals surface area contributed by atoms with Crippen LogP contribution in [0.2, 0.25) is 0 Å². The van der Waals surface area contributed by atoms with Crippen LogP contribution in [-0.2, 0) is 18.2 Å². The highest BCUT2D eigenvalue weighted by Crippen LogP contribution is 2.29. The van der Waals surface area contributed by atoms with E-state index in [-0.39, 0.29) is 5.91 Å². The molecule has 36 heavy (non-hydrogen) atoms. The fourth-order valence-corrected chi connectivity index (χ4v) is 5.14. The van der Waals surface area contributed by atoms with Crippen molar-refractivity contribution < 1.29 is 14.6 Å². The van der Waals surface area contributed by atoms with E-state index in [1.807, 2.05) is 35.9 Å². The van der Waals surface area contributed by atoms with Crippen LogP contribution in [-0.4, -0.2) is 90.5 Å². The molecule has 1 aromatic carbocycles. The number of fused-ring (bicyclic) bond motifs is 2. The van der Waals surface area contributed by atoms with Gasteiger partial charge in [0, 0.05) is 39.6 Å². The summed E-state index contributed by atoms with van der Waals surface area (Å²) < 4.78 is 9.32. The zero-order chi connectivity index (χ0) is 24.8. The number of benzene rings is 1. The number of anilines is 1. The first-order valence-corrected chi connectivity index (χ1v) is 12.6. The quantitative estimate of drug-likeness (QED) is 0.460. The molecule has 2 saturated heterocycles. The number of rotatable bonds is 4. The van der Waals surface area contributed by atoms with Gasteiger partial charge in [-0.3, -0.25) is 9.36 Å². The van der Waals surface area contributed by atoms with Crippen LogP contribution in [0.3, 0.4) is 0 Å². The lowest BCUT2D eigenvalue weighted by molar-refractivity contribution is 0.0461. The molecule has 4 aromatic rings. The Hall–Kier alpha value is -3.57. The van der Waals surface area contributed by atoms with Gasteiger partial charge in [0.1, 0.15) is 5.82 Å². The van der Waals surface area contributed by atoms with Crippen molar-refractivity contribution in [1.82, 2.24) is 34.0 Å². The number of nitrogens with zero attached hydrogens (tertiary/aromatic N) is 8. The van der Waals surface area contributed by atoms with Gasteiger partial charge >= 0.3 is 0 Å². The number of imidazole rings is 2. The molecular weight excluding hydrogens is 460 g/mol. The molecule has 0 radical (unpaired) electrons. The molecule has 11 heteroatoms. The van der Waals surface area contributed by atoms with Gasteiger partial charge in [-0.25, -0.2) is 9.97 Å². The third kappa shape index (κ3) is 3.79. The van der Waals surface area contributed by atoms with Crippen LogP contribution in [0.1, 0.15) is 36.2 Å². The summed E-state index contributed by atoms with van der Waals surface area (Å²) in [6.07, 6.45) is 1.69. The summed E-state index contributed by atoms with van der Waals surface area (Å²) in [4.78, 5) is 36.8. The molecule has 1 atom stereocenters. The minimum atomic E-state index is -0.505. The number of para-hydroxylation sites is 2. The van der Waals surface area contributed by atoms with Gasteiger partial charge in [-0.05, 0) is 25.0 Å². The molecule has 1 N–H and O–H groups in total. The molecule has 2 aliphatic rings. The van der Waals surface area contributed by atoms with Gasteiger partial charge in [-0.2, -0.15) is 9.97 Å². The van der Waals surface area contributed by atoms with Gasteiger partial charge in [0.15, 0.2) is 17.0 Å². The van der Waals surface area contributed by atoms with Gasteiger partial charge in [-0.1, -0.05) is 19.1 Å². The van der Waals surface area contributed by atoms with Crippen molar-refractivity contribution in [2.45, 2.75) is 32.3 Å². The Morgan fingerprint density at radius 1 is 1.11 bits per heavy atom. The van der Waals surface area contributed by atoms with Crippen molar-refractivity contribution in [3.05, 3.63) is 35.9 Å². The Morgan fingerprint density at radius 3 is 2.69 bits per heavy atom. The summed E-state index contributed by atoms with van der Waals surface area (Å²) in [5.74, 6) is 2.15. The summed E-state index contributed by atoms with van der Waals surface area (Å²) in [5.41, 5.74) is 2.99. The van der Waals surface area contributed by atoms with E-state index in [0.29, 0.717) is 74.6 Å². The van der Waals surface area contributed by atoms with Crippen LogP contribution in [0.5, 0.6) is 0 Å². The number of aliphatic hydroxyl groups excluding tert-OH is 1. The summed E-state index contributed by atoms with van der Waals surface area (Å²) >= 11 is 0. The molecule has 0 bridgehead atoms. The van der Waals surface area contributed by atoms with E-state index in [0.717, 1.165) is 29.7 Å². The number of β-amino-alcohol motifs (C(OH)–C–C–N with tert-alkyl or cyclic N) is 1. The van der Waals surface area contributed by atoms with Crippen molar-refractivity contribution in [3.63, 3.8) is 0 Å². The van der Waals surface area contributed by atoms with E-state index in [4.69, 9.17) is 24.7 Å². The summed E-state index contributed by atoms with van der Waals surface area (Å²) in [5, 5.41) is 10.1. The van der Waals surface area contributed by atoms with Crippen LogP contribution in [0.4, 0.5) is 5.82 Å². The number of hydrogen-bond acceptors (Lipinski definition) is 8. The van der Waals surface area contributed by atoms with Crippen LogP contribution >= 0.6 is 0 Å².